The molecule has 6 heteroatoms. The number of benzene rings is 1. The van der Waals surface area contributed by atoms with Crippen molar-refractivity contribution in [1.82, 2.24) is 15.0 Å². The highest BCUT2D eigenvalue weighted by Crippen LogP contribution is 2.30. The summed E-state index contributed by atoms with van der Waals surface area (Å²) < 4.78 is 11.2. The summed E-state index contributed by atoms with van der Waals surface area (Å²) in [6, 6.07) is 9.90. The molecule has 0 radical (unpaired) electrons. The second-order valence-electron chi connectivity index (χ2n) is 8.13. The van der Waals surface area contributed by atoms with Crippen molar-refractivity contribution < 1.29 is 14.1 Å². The third-order valence-electron chi connectivity index (χ3n) is 4.83. The molecule has 0 aliphatic carbocycles. The van der Waals surface area contributed by atoms with Crippen LogP contribution in [0.2, 0.25) is 0 Å². The predicted octanol–water partition coefficient (Wildman–Crippen LogP) is 3.00. The number of aromatic nitrogens is 1. The van der Waals surface area contributed by atoms with Crippen LogP contribution in [0.25, 0.3) is 0 Å². The summed E-state index contributed by atoms with van der Waals surface area (Å²) in [5.74, 6) is 1.70. The second kappa shape index (κ2) is 8.13. The standard InChI is InChI=1S/C21H29N3O3/c1-16-13-17(27-22-16)14-23-9-11-24(12-10-23)20(25)15-26-19-8-6-5-7-18(19)21(2,3)4/h5-8,13H,9-12,14-15H2,1-4H3. The van der Waals surface area contributed by atoms with Crippen molar-refractivity contribution >= 4 is 5.91 Å². The minimum atomic E-state index is -0.0235. The van der Waals surface area contributed by atoms with Gasteiger partial charge in [0.05, 0.1) is 12.2 Å². The highest BCUT2D eigenvalue weighted by Gasteiger charge is 2.23. The summed E-state index contributed by atoms with van der Waals surface area (Å²) in [5.41, 5.74) is 1.99. The number of rotatable bonds is 5. The molecule has 146 valence electrons. The number of hydrogen-bond acceptors (Lipinski definition) is 5. The maximum Gasteiger partial charge on any atom is 0.260 e. The van der Waals surface area contributed by atoms with Crippen molar-refractivity contribution in [3.05, 3.63) is 47.3 Å². The van der Waals surface area contributed by atoms with Crippen LogP contribution in [0.15, 0.2) is 34.9 Å². The quantitative estimate of drug-likeness (QED) is 0.809. The molecule has 0 bridgehead atoms. The molecule has 1 aliphatic rings. The van der Waals surface area contributed by atoms with Crippen LogP contribution in [0.3, 0.4) is 0 Å². The van der Waals surface area contributed by atoms with Crippen LogP contribution < -0.4 is 4.74 Å². The molecule has 0 unspecified atom stereocenters. The third kappa shape index (κ3) is 5.10. The molecule has 2 aromatic rings. The van der Waals surface area contributed by atoms with Gasteiger partial charge >= 0.3 is 0 Å². The highest BCUT2D eigenvalue weighted by atomic mass is 16.5. The van der Waals surface area contributed by atoms with Gasteiger partial charge in [-0.25, -0.2) is 0 Å². The van der Waals surface area contributed by atoms with E-state index < -0.39 is 0 Å². The minimum Gasteiger partial charge on any atom is -0.483 e. The normalized spacial score (nSPS) is 15.8. The van der Waals surface area contributed by atoms with Gasteiger partial charge in [0.1, 0.15) is 5.75 Å². The molecule has 3 rings (SSSR count). The van der Waals surface area contributed by atoms with Crippen LogP contribution in [0.4, 0.5) is 0 Å². The largest absolute Gasteiger partial charge is 0.483 e. The first-order chi connectivity index (χ1) is 12.8. The van der Waals surface area contributed by atoms with E-state index in [1.807, 2.05) is 36.1 Å². The summed E-state index contributed by atoms with van der Waals surface area (Å²) >= 11 is 0. The molecule has 0 saturated carbocycles. The monoisotopic (exact) mass is 371 g/mol. The predicted molar refractivity (Wildman–Crippen MR) is 104 cm³/mol. The number of hydrogen-bond donors (Lipinski definition) is 0. The Bertz CT molecular complexity index is 771. The number of aryl methyl sites for hydroxylation is 1. The van der Waals surface area contributed by atoms with Gasteiger partial charge in [0.25, 0.3) is 5.91 Å². The van der Waals surface area contributed by atoms with Gasteiger partial charge in [-0.1, -0.05) is 44.1 Å². The van der Waals surface area contributed by atoms with Gasteiger partial charge in [-0.05, 0) is 24.0 Å². The number of para-hydroxylation sites is 1. The average Bonchev–Trinajstić information content (AvgIpc) is 3.04. The first-order valence-electron chi connectivity index (χ1n) is 9.47. The minimum absolute atomic E-state index is 0.0235. The van der Waals surface area contributed by atoms with E-state index >= 15 is 0 Å². The molecule has 1 saturated heterocycles. The first-order valence-corrected chi connectivity index (χ1v) is 9.47. The van der Waals surface area contributed by atoms with Crippen LogP contribution in [-0.2, 0) is 16.8 Å². The van der Waals surface area contributed by atoms with Gasteiger partial charge in [-0.3, -0.25) is 9.69 Å². The molecule has 0 atom stereocenters. The van der Waals surface area contributed by atoms with Gasteiger partial charge in [0.15, 0.2) is 12.4 Å². The SMILES string of the molecule is Cc1cc(CN2CCN(C(=O)COc3ccccc3C(C)(C)C)CC2)on1. The molecule has 0 spiro atoms. The van der Waals surface area contributed by atoms with Gasteiger partial charge in [0, 0.05) is 32.2 Å². The van der Waals surface area contributed by atoms with Crippen molar-refractivity contribution in [1.29, 1.82) is 0 Å². The van der Waals surface area contributed by atoms with E-state index in [1.54, 1.807) is 0 Å². The highest BCUT2D eigenvalue weighted by molar-refractivity contribution is 5.78. The zero-order valence-corrected chi connectivity index (χ0v) is 16.7. The smallest absolute Gasteiger partial charge is 0.260 e. The van der Waals surface area contributed by atoms with Crippen molar-refractivity contribution in [2.24, 2.45) is 0 Å². The number of carbonyl (C=O) groups excluding carboxylic acids is 1. The van der Waals surface area contributed by atoms with Gasteiger partial charge < -0.3 is 14.2 Å². The van der Waals surface area contributed by atoms with E-state index in [4.69, 9.17) is 9.26 Å². The van der Waals surface area contributed by atoms with Crippen molar-refractivity contribution in [2.75, 3.05) is 32.8 Å². The van der Waals surface area contributed by atoms with Crippen molar-refractivity contribution in [3.8, 4) is 5.75 Å². The van der Waals surface area contributed by atoms with E-state index in [1.165, 1.54) is 0 Å². The summed E-state index contributed by atoms with van der Waals surface area (Å²) in [6.45, 7) is 12.2. The molecule has 1 aromatic heterocycles. The summed E-state index contributed by atoms with van der Waals surface area (Å²) in [4.78, 5) is 16.7. The van der Waals surface area contributed by atoms with E-state index in [0.29, 0.717) is 13.1 Å². The Labute approximate surface area is 161 Å². The van der Waals surface area contributed by atoms with Crippen LogP contribution in [0, 0.1) is 6.92 Å². The maximum absolute atomic E-state index is 12.6. The van der Waals surface area contributed by atoms with Crippen LogP contribution in [0.5, 0.6) is 5.75 Å². The van der Waals surface area contributed by atoms with E-state index in [0.717, 1.165) is 42.4 Å². The van der Waals surface area contributed by atoms with E-state index in [9.17, 15) is 4.79 Å². The number of amides is 1. The maximum atomic E-state index is 12.6. The lowest BCUT2D eigenvalue weighted by atomic mass is 9.86. The molecule has 1 aliphatic heterocycles. The fourth-order valence-corrected chi connectivity index (χ4v) is 3.31. The number of piperazine rings is 1. The zero-order chi connectivity index (χ0) is 19.4. The van der Waals surface area contributed by atoms with Gasteiger partial charge in [0.2, 0.25) is 0 Å². The first kappa shape index (κ1) is 19.4. The van der Waals surface area contributed by atoms with E-state index in [2.05, 4.69) is 36.9 Å². The van der Waals surface area contributed by atoms with E-state index in [-0.39, 0.29) is 17.9 Å². The Hall–Kier alpha value is -2.34. The Kier molecular flexibility index (Phi) is 5.85. The zero-order valence-electron chi connectivity index (χ0n) is 16.7. The molecular formula is C21H29N3O3. The molecule has 2 heterocycles. The Balaban J connectivity index is 1.49. The Morgan fingerprint density at radius 3 is 2.52 bits per heavy atom. The summed E-state index contributed by atoms with van der Waals surface area (Å²) in [7, 11) is 0. The lowest BCUT2D eigenvalue weighted by Gasteiger charge is -2.34. The van der Waals surface area contributed by atoms with Crippen molar-refractivity contribution in [3.63, 3.8) is 0 Å². The summed E-state index contributed by atoms with van der Waals surface area (Å²) in [6.07, 6.45) is 0. The van der Waals surface area contributed by atoms with Gasteiger partial charge in [-0.15, -0.1) is 0 Å². The Morgan fingerprint density at radius 2 is 1.89 bits per heavy atom. The molecule has 0 N–H and O–H groups in total. The molecule has 1 aromatic carbocycles. The van der Waals surface area contributed by atoms with Gasteiger partial charge in [-0.2, -0.15) is 0 Å². The number of carbonyl (C=O) groups is 1. The summed E-state index contributed by atoms with van der Waals surface area (Å²) in [5, 5.41) is 3.92. The third-order valence-corrected chi connectivity index (χ3v) is 4.83. The number of ether oxygens (including phenoxy) is 1. The van der Waals surface area contributed by atoms with Crippen LogP contribution in [0.1, 0.15) is 37.8 Å². The van der Waals surface area contributed by atoms with Crippen molar-refractivity contribution in [2.45, 2.75) is 39.7 Å². The fraction of sp³-hybridized carbons (Fsp3) is 0.524. The topological polar surface area (TPSA) is 58.8 Å². The number of nitrogens with zero attached hydrogens (tertiary/aromatic N) is 3. The molecule has 1 fully saturated rings. The lowest BCUT2D eigenvalue weighted by molar-refractivity contribution is -0.135. The van der Waals surface area contributed by atoms with Crippen LogP contribution in [-0.4, -0.2) is 53.6 Å². The molecular weight excluding hydrogens is 342 g/mol. The average molecular weight is 371 g/mol. The molecule has 6 nitrogen and oxygen atoms in total. The Morgan fingerprint density at radius 1 is 1.19 bits per heavy atom. The molecule has 27 heavy (non-hydrogen) atoms. The van der Waals surface area contributed by atoms with Crippen LogP contribution >= 0.6 is 0 Å². The molecule has 1 amide bonds. The fourth-order valence-electron chi connectivity index (χ4n) is 3.31. The lowest BCUT2D eigenvalue weighted by Crippen LogP contribution is -2.49. The second-order valence-corrected chi connectivity index (χ2v) is 8.13.